The first kappa shape index (κ1) is 14.7. The lowest BCUT2D eigenvalue weighted by Gasteiger charge is -2.12. The lowest BCUT2D eigenvalue weighted by Crippen LogP contribution is -2.17. The molecule has 5 nitrogen and oxygen atoms in total. The predicted octanol–water partition coefficient (Wildman–Crippen LogP) is 2.96. The number of hydrogen-bond acceptors (Lipinski definition) is 3. The summed E-state index contributed by atoms with van der Waals surface area (Å²) in [6.07, 6.45) is 0. The topological polar surface area (TPSA) is 79.3 Å². The van der Waals surface area contributed by atoms with Gasteiger partial charge < -0.3 is 10.4 Å². The number of carbonyl (C=O) groups is 2. The average molecular weight is 284 g/mol. The van der Waals surface area contributed by atoms with Gasteiger partial charge in [0.15, 0.2) is 0 Å². The Morgan fingerprint density at radius 1 is 1.14 bits per heavy atom. The molecule has 1 amide bonds. The Kier molecular flexibility index (Phi) is 4.03. The van der Waals surface area contributed by atoms with Crippen molar-refractivity contribution in [1.29, 1.82) is 0 Å². The summed E-state index contributed by atoms with van der Waals surface area (Å²) in [5.74, 6) is -1.50. The Balaban J connectivity index is 2.39. The summed E-state index contributed by atoms with van der Waals surface area (Å²) < 4.78 is 0. The number of nitrogens with one attached hydrogen (secondary N) is 1. The van der Waals surface area contributed by atoms with E-state index >= 15 is 0 Å². The maximum atomic E-state index is 12.2. The van der Waals surface area contributed by atoms with E-state index in [-0.39, 0.29) is 11.3 Å². The van der Waals surface area contributed by atoms with Crippen LogP contribution in [-0.4, -0.2) is 22.0 Å². The zero-order valence-corrected chi connectivity index (χ0v) is 12.1. The molecule has 108 valence electrons. The molecule has 0 saturated heterocycles. The van der Waals surface area contributed by atoms with Gasteiger partial charge in [0, 0.05) is 5.69 Å². The largest absolute Gasteiger partial charge is 0.478 e. The summed E-state index contributed by atoms with van der Waals surface area (Å²) in [6.45, 7) is 5.36. The molecule has 0 saturated carbocycles. The fourth-order valence-electron chi connectivity index (χ4n) is 2.15. The first-order valence-corrected chi connectivity index (χ1v) is 6.48. The number of aryl methyl sites for hydroxylation is 3. The van der Waals surface area contributed by atoms with Crippen LogP contribution in [0.1, 0.15) is 37.7 Å². The highest BCUT2D eigenvalue weighted by molar-refractivity contribution is 6.07. The van der Waals surface area contributed by atoms with Gasteiger partial charge in [-0.05, 0) is 50.1 Å². The van der Waals surface area contributed by atoms with Crippen molar-refractivity contribution in [1.82, 2.24) is 4.98 Å². The van der Waals surface area contributed by atoms with Gasteiger partial charge in [0.1, 0.15) is 5.69 Å². The van der Waals surface area contributed by atoms with E-state index in [0.717, 1.165) is 11.3 Å². The number of amides is 1. The standard InChI is InChI=1S/C16H16N2O3/c1-9-7-10(2)14(12(8-9)16(20)21)18-15(19)13-6-4-5-11(3)17-13/h4-8H,1-3H3,(H,18,19)(H,20,21). The highest BCUT2D eigenvalue weighted by Crippen LogP contribution is 2.23. The minimum absolute atomic E-state index is 0.0773. The molecule has 5 heteroatoms. The maximum absolute atomic E-state index is 12.2. The van der Waals surface area contributed by atoms with Crippen LogP contribution in [0.3, 0.4) is 0 Å². The molecule has 0 bridgehead atoms. The number of aromatic carboxylic acids is 1. The minimum atomic E-state index is -1.07. The molecule has 21 heavy (non-hydrogen) atoms. The van der Waals surface area contributed by atoms with E-state index in [1.165, 1.54) is 6.07 Å². The van der Waals surface area contributed by atoms with Crippen molar-refractivity contribution in [3.63, 3.8) is 0 Å². The lowest BCUT2D eigenvalue weighted by atomic mass is 10.0. The monoisotopic (exact) mass is 284 g/mol. The van der Waals surface area contributed by atoms with Crippen LogP contribution in [0.15, 0.2) is 30.3 Å². The van der Waals surface area contributed by atoms with Gasteiger partial charge in [-0.1, -0.05) is 12.1 Å². The van der Waals surface area contributed by atoms with Crippen molar-refractivity contribution in [2.75, 3.05) is 5.32 Å². The predicted molar refractivity (Wildman–Crippen MR) is 79.8 cm³/mol. The Hall–Kier alpha value is -2.69. The van der Waals surface area contributed by atoms with E-state index in [1.807, 2.05) is 13.0 Å². The van der Waals surface area contributed by atoms with E-state index in [4.69, 9.17) is 0 Å². The van der Waals surface area contributed by atoms with Crippen molar-refractivity contribution < 1.29 is 14.7 Å². The molecule has 0 spiro atoms. The van der Waals surface area contributed by atoms with Gasteiger partial charge in [0.05, 0.1) is 11.3 Å². The second-order valence-corrected chi connectivity index (χ2v) is 4.93. The fraction of sp³-hybridized carbons (Fsp3) is 0.188. The molecule has 0 atom stereocenters. The highest BCUT2D eigenvalue weighted by atomic mass is 16.4. The first-order valence-electron chi connectivity index (χ1n) is 6.48. The Labute approximate surface area is 122 Å². The van der Waals surface area contributed by atoms with Gasteiger partial charge in [0.25, 0.3) is 5.91 Å². The van der Waals surface area contributed by atoms with Gasteiger partial charge in [-0.3, -0.25) is 4.79 Å². The molecule has 2 rings (SSSR count). The number of carbonyl (C=O) groups excluding carboxylic acids is 1. The van der Waals surface area contributed by atoms with Crippen LogP contribution in [0, 0.1) is 20.8 Å². The Morgan fingerprint density at radius 2 is 1.86 bits per heavy atom. The number of rotatable bonds is 3. The van der Waals surface area contributed by atoms with Gasteiger partial charge in [0.2, 0.25) is 0 Å². The van der Waals surface area contributed by atoms with Crippen LogP contribution < -0.4 is 5.32 Å². The van der Waals surface area contributed by atoms with E-state index in [1.54, 1.807) is 32.0 Å². The number of hydrogen-bond donors (Lipinski definition) is 2. The Bertz CT molecular complexity index is 723. The van der Waals surface area contributed by atoms with E-state index < -0.39 is 11.9 Å². The molecule has 0 unspecified atom stereocenters. The third-order valence-corrected chi connectivity index (χ3v) is 3.07. The number of carboxylic acid groups (broad SMARTS) is 1. The normalized spacial score (nSPS) is 10.2. The lowest BCUT2D eigenvalue weighted by molar-refractivity contribution is 0.0698. The van der Waals surface area contributed by atoms with Crippen molar-refractivity contribution in [2.24, 2.45) is 0 Å². The molecule has 2 aromatic rings. The molecular weight excluding hydrogens is 268 g/mol. The fourth-order valence-corrected chi connectivity index (χ4v) is 2.15. The summed E-state index contributed by atoms with van der Waals surface area (Å²) in [6, 6.07) is 8.47. The molecule has 0 aliphatic rings. The molecule has 1 aromatic carbocycles. The molecule has 0 aliphatic carbocycles. The van der Waals surface area contributed by atoms with Gasteiger partial charge >= 0.3 is 5.97 Å². The maximum Gasteiger partial charge on any atom is 0.337 e. The van der Waals surface area contributed by atoms with Crippen LogP contribution in [0.25, 0.3) is 0 Å². The third-order valence-electron chi connectivity index (χ3n) is 3.07. The molecule has 0 radical (unpaired) electrons. The SMILES string of the molecule is Cc1cc(C)c(NC(=O)c2cccc(C)n2)c(C(=O)O)c1. The van der Waals surface area contributed by atoms with Crippen LogP contribution in [-0.2, 0) is 0 Å². The zero-order chi connectivity index (χ0) is 15.6. The number of aromatic nitrogens is 1. The van der Waals surface area contributed by atoms with Crippen molar-refractivity contribution in [2.45, 2.75) is 20.8 Å². The van der Waals surface area contributed by atoms with Crippen molar-refractivity contribution >= 4 is 17.6 Å². The van der Waals surface area contributed by atoms with Crippen LogP contribution in [0.5, 0.6) is 0 Å². The van der Waals surface area contributed by atoms with Gasteiger partial charge in [-0.25, -0.2) is 9.78 Å². The summed E-state index contributed by atoms with van der Waals surface area (Å²) in [5.41, 5.74) is 2.90. The van der Waals surface area contributed by atoms with Crippen LogP contribution in [0.2, 0.25) is 0 Å². The van der Waals surface area contributed by atoms with E-state index in [0.29, 0.717) is 11.3 Å². The van der Waals surface area contributed by atoms with Crippen molar-refractivity contribution in [3.05, 3.63) is 58.4 Å². The van der Waals surface area contributed by atoms with E-state index in [9.17, 15) is 14.7 Å². The molecule has 2 N–H and O–H groups in total. The smallest absolute Gasteiger partial charge is 0.337 e. The average Bonchev–Trinajstić information content (AvgIpc) is 2.41. The molecule has 0 aliphatic heterocycles. The quantitative estimate of drug-likeness (QED) is 0.908. The van der Waals surface area contributed by atoms with Crippen molar-refractivity contribution in [3.8, 4) is 0 Å². The van der Waals surface area contributed by atoms with Gasteiger partial charge in [-0.2, -0.15) is 0 Å². The number of anilines is 1. The van der Waals surface area contributed by atoms with Crippen LogP contribution >= 0.6 is 0 Å². The number of benzene rings is 1. The van der Waals surface area contributed by atoms with Crippen LogP contribution in [0.4, 0.5) is 5.69 Å². The number of carboxylic acids is 1. The summed E-state index contributed by atoms with van der Waals surface area (Å²) in [5, 5.41) is 11.9. The first-order chi connectivity index (χ1) is 9.88. The third kappa shape index (κ3) is 3.25. The minimum Gasteiger partial charge on any atom is -0.478 e. The van der Waals surface area contributed by atoms with Gasteiger partial charge in [-0.15, -0.1) is 0 Å². The summed E-state index contributed by atoms with van der Waals surface area (Å²) in [4.78, 5) is 27.7. The highest BCUT2D eigenvalue weighted by Gasteiger charge is 2.17. The molecule has 1 heterocycles. The second-order valence-electron chi connectivity index (χ2n) is 4.93. The zero-order valence-electron chi connectivity index (χ0n) is 12.1. The van der Waals surface area contributed by atoms with E-state index in [2.05, 4.69) is 10.3 Å². The molecular formula is C16H16N2O3. The number of pyridine rings is 1. The molecule has 0 fully saturated rings. The summed E-state index contributed by atoms with van der Waals surface area (Å²) >= 11 is 0. The molecule has 1 aromatic heterocycles. The number of nitrogens with zero attached hydrogens (tertiary/aromatic N) is 1. The Morgan fingerprint density at radius 3 is 2.48 bits per heavy atom. The summed E-state index contributed by atoms with van der Waals surface area (Å²) in [7, 11) is 0. The second kappa shape index (κ2) is 5.75.